The van der Waals surface area contributed by atoms with Gasteiger partial charge in [0.2, 0.25) is 0 Å². The van der Waals surface area contributed by atoms with Gasteiger partial charge in [-0.15, -0.1) is 0 Å². The molecule has 2 aliphatic heterocycles. The quantitative estimate of drug-likeness (QED) is 0.126. The summed E-state index contributed by atoms with van der Waals surface area (Å²) in [6.07, 6.45) is -3.27. The van der Waals surface area contributed by atoms with Gasteiger partial charge in [-0.25, -0.2) is 35.6 Å². The fourth-order valence-corrected chi connectivity index (χ4v) is 10.8. The molecular weight excluding hydrogens is 1020 g/mol. The lowest BCUT2D eigenvalue weighted by molar-refractivity contribution is -0.138. The molecule has 0 radical (unpaired) electrons. The molecule has 0 fully saturated rings. The fraction of sp³-hybridized carbons (Fsp3) is 0.200. The Morgan fingerprint density at radius 1 is 0.527 bits per heavy atom. The Kier molecular flexibility index (Phi) is 13.7. The third kappa shape index (κ3) is 10.8. The molecular formula is C50H40F8N8O6S2. The molecule has 2 atom stereocenters. The van der Waals surface area contributed by atoms with Gasteiger partial charge >= 0.3 is 12.4 Å². The van der Waals surface area contributed by atoms with Crippen LogP contribution in [0.25, 0.3) is 22.5 Å². The summed E-state index contributed by atoms with van der Waals surface area (Å²) in [4.78, 5) is 7.22. The number of alkyl halides is 6. The van der Waals surface area contributed by atoms with Crippen molar-refractivity contribution in [2.45, 2.75) is 46.8 Å². The van der Waals surface area contributed by atoms with E-state index >= 15 is 0 Å². The minimum atomic E-state index is -4.52. The van der Waals surface area contributed by atoms with Gasteiger partial charge in [0.1, 0.15) is 34.8 Å². The van der Waals surface area contributed by atoms with E-state index in [0.29, 0.717) is 69.1 Å². The van der Waals surface area contributed by atoms with Crippen molar-refractivity contribution in [2.75, 3.05) is 22.7 Å². The van der Waals surface area contributed by atoms with Crippen LogP contribution in [-0.4, -0.2) is 59.6 Å². The Bertz CT molecular complexity index is 3370. The third-order valence-corrected chi connectivity index (χ3v) is 15.0. The molecule has 2 N–H and O–H groups in total. The first kappa shape index (κ1) is 51.1. The predicted octanol–water partition coefficient (Wildman–Crippen LogP) is 10.7. The molecule has 2 aliphatic rings. The fourth-order valence-electron chi connectivity index (χ4n) is 8.78. The summed E-state index contributed by atoms with van der Waals surface area (Å²) in [6, 6.07) is 23.7. The van der Waals surface area contributed by atoms with Gasteiger partial charge in [0, 0.05) is 72.7 Å². The second-order valence-electron chi connectivity index (χ2n) is 17.0. The molecule has 0 aliphatic carbocycles. The number of benzene rings is 4. The molecule has 24 heteroatoms. The molecule has 0 bridgehead atoms. The van der Waals surface area contributed by atoms with E-state index < -0.39 is 55.2 Å². The van der Waals surface area contributed by atoms with Crippen molar-refractivity contribution in [2.24, 2.45) is 14.1 Å². The van der Waals surface area contributed by atoms with Gasteiger partial charge in [0.15, 0.2) is 0 Å². The zero-order chi connectivity index (χ0) is 52.7. The smallest absolute Gasteiger partial charge is 0.416 e. The Morgan fingerprint density at radius 2 is 0.919 bits per heavy atom. The van der Waals surface area contributed by atoms with Gasteiger partial charge < -0.3 is 9.47 Å². The molecule has 0 spiro atoms. The lowest BCUT2D eigenvalue weighted by Crippen LogP contribution is -2.19. The summed E-state index contributed by atoms with van der Waals surface area (Å²) in [5, 5.41) is 8.21. The molecule has 10 rings (SSSR count). The second-order valence-corrected chi connectivity index (χ2v) is 20.4. The number of fused-ring (bicyclic) bond motifs is 2. The average Bonchev–Trinajstić information content (AvgIpc) is 4.01. The van der Waals surface area contributed by atoms with Gasteiger partial charge in [0.25, 0.3) is 20.0 Å². The van der Waals surface area contributed by atoms with Crippen LogP contribution in [0.5, 0.6) is 11.5 Å². The van der Waals surface area contributed by atoms with E-state index in [-0.39, 0.29) is 46.5 Å². The topological polar surface area (TPSA) is 172 Å². The van der Waals surface area contributed by atoms with Gasteiger partial charge in [-0.1, -0.05) is 24.3 Å². The van der Waals surface area contributed by atoms with Crippen molar-refractivity contribution in [3.63, 3.8) is 0 Å². The highest BCUT2D eigenvalue weighted by atomic mass is 32.2. The molecule has 384 valence electrons. The van der Waals surface area contributed by atoms with Crippen LogP contribution in [0.15, 0.2) is 144 Å². The maximum absolute atomic E-state index is 13.5. The van der Waals surface area contributed by atoms with Crippen molar-refractivity contribution >= 4 is 31.7 Å². The van der Waals surface area contributed by atoms with Crippen molar-refractivity contribution in [3.8, 4) is 34.0 Å². The first-order valence-electron chi connectivity index (χ1n) is 22.3. The van der Waals surface area contributed by atoms with E-state index in [9.17, 15) is 52.0 Å². The average molecular weight is 1070 g/mol. The first-order valence-corrected chi connectivity index (χ1v) is 25.2. The molecule has 74 heavy (non-hydrogen) atoms. The summed E-state index contributed by atoms with van der Waals surface area (Å²) in [7, 11) is -4.83. The predicted molar refractivity (Wildman–Crippen MR) is 254 cm³/mol. The number of pyridine rings is 2. The number of aryl methyl sites for hydroxylation is 2. The molecule has 6 heterocycles. The number of nitrogens with zero attached hydrogens (tertiary/aromatic N) is 6. The van der Waals surface area contributed by atoms with Crippen molar-refractivity contribution < 1.29 is 61.4 Å². The van der Waals surface area contributed by atoms with Crippen LogP contribution >= 0.6 is 0 Å². The zero-order valence-corrected chi connectivity index (χ0v) is 40.3. The summed E-state index contributed by atoms with van der Waals surface area (Å²) >= 11 is 0. The monoisotopic (exact) mass is 1060 g/mol. The standard InChI is InChI=1S/2C25H20F4N4O3S/c2*1-33-22(8-10-31-33)21-12-15(25(27,28)29)2-5-18(21)19-9-11-36-23-13-17(4-6-20(19)23)37(34,35)32-24-7-3-16(26)14-30-24/h2*2-8,10,12-14,19H,9,11H2,1H3,(H,30,32)/t2*19-/m10/s1. The number of ether oxygens (including phenoxy) is 2. The lowest BCUT2D eigenvalue weighted by atomic mass is 9.83. The van der Waals surface area contributed by atoms with Crippen LogP contribution in [0.2, 0.25) is 0 Å². The zero-order valence-electron chi connectivity index (χ0n) is 38.7. The molecule has 0 saturated heterocycles. The van der Waals surface area contributed by atoms with Crippen molar-refractivity contribution in [1.29, 1.82) is 0 Å². The number of rotatable bonds is 10. The van der Waals surface area contributed by atoms with E-state index in [4.69, 9.17) is 9.47 Å². The largest absolute Gasteiger partial charge is 0.493 e. The Morgan fingerprint density at radius 3 is 1.26 bits per heavy atom. The highest BCUT2D eigenvalue weighted by Gasteiger charge is 2.36. The van der Waals surface area contributed by atoms with Crippen LogP contribution < -0.4 is 18.9 Å². The first-order chi connectivity index (χ1) is 35.1. The third-order valence-electron chi connectivity index (χ3n) is 12.3. The second kappa shape index (κ2) is 19.9. The highest BCUT2D eigenvalue weighted by Crippen LogP contribution is 2.46. The van der Waals surface area contributed by atoms with Crippen LogP contribution in [-0.2, 0) is 46.5 Å². The van der Waals surface area contributed by atoms with Gasteiger partial charge in [-0.2, -0.15) is 36.5 Å². The number of halogens is 8. The number of aromatic nitrogens is 6. The Balaban J connectivity index is 0.000000182. The van der Waals surface area contributed by atoms with E-state index in [2.05, 4.69) is 29.6 Å². The van der Waals surface area contributed by atoms with Crippen LogP contribution in [0.4, 0.5) is 46.8 Å². The van der Waals surface area contributed by atoms with Crippen LogP contribution in [0.3, 0.4) is 0 Å². The molecule has 4 aromatic carbocycles. The summed E-state index contributed by atoms with van der Waals surface area (Å²) < 4.78 is 178. The summed E-state index contributed by atoms with van der Waals surface area (Å²) in [5.41, 5.74) is 2.83. The SMILES string of the molecule is Cn1nccc1-c1cc(C(F)(F)F)ccc1[C@@H]1CCOc2cc(S(=O)(=O)Nc3ccc(F)cn3)ccc21.Cn1nccc1-c1cc(C(F)(F)F)ccc1[C@H]1CCOc2cc(S(=O)(=O)Nc3ccc(F)cn3)ccc21. The van der Waals surface area contributed by atoms with Gasteiger partial charge in [-0.05, 0) is 96.8 Å². The van der Waals surface area contributed by atoms with Gasteiger partial charge in [-0.3, -0.25) is 18.8 Å². The van der Waals surface area contributed by atoms with E-state index in [0.717, 1.165) is 48.8 Å². The molecule has 0 saturated carbocycles. The molecule has 8 aromatic rings. The number of hydrogen-bond acceptors (Lipinski definition) is 10. The van der Waals surface area contributed by atoms with Crippen molar-refractivity contribution in [3.05, 3.63) is 179 Å². The number of nitrogens with one attached hydrogen (secondary N) is 2. The van der Waals surface area contributed by atoms with Crippen LogP contribution in [0.1, 0.15) is 58.1 Å². The van der Waals surface area contributed by atoms with E-state index in [1.54, 1.807) is 38.4 Å². The molecule has 0 amide bonds. The molecule has 0 unspecified atom stereocenters. The maximum atomic E-state index is 13.5. The van der Waals surface area contributed by atoms with Crippen LogP contribution in [0, 0.1) is 11.6 Å². The normalized spacial score (nSPS) is 15.6. The molecule has 4 aromatic heterocycles. The Labute approximate surface area is 417 Å². The molecule has 14 nitrogen and oxygen atoms in total. The van der Waals surface area contributed by atoms with E-state index in [1.807, 2.05) is 0 Å². The maximum Gasteiger partial charge on any atom is 0.416 e. The number of hydrogen-bond donors (Lipinski definition) is 2. The van der Waals surface area contributed by atoms with E-state index in [1.165, 1.54) is 70.3 Å². The summed E-state index contributed by atoms with van der Waals surface area (Å²) in [5.74, 6) is -1.40. The minimum absolute atomic E-state index is 0.0523. The lowest BCUT2D eigenvalue weighted by Gasteiger charge is -2.28. The minimum Gasteiger partial charge on any atom is -0.493 e. The van der Waals surface area contributed by atoms with Gasteiger partial charge in [0.05, 0.1) is 57.9 Å². The Hall–Kier alpha value is -7.86. The van der Waals surface area contributed by atoms with Crippen molar-refractivity contribution in [1.82, 2.24) is 29.5 Å². The highest BCUT2D eigenvalue weighted by molar-refractivity contribution is 7.93. The summed E-state index contributed by atoms with van der Waals surface area (Å²) in [6.45, 7) is 0.472. The number of sulfonamides is 2. The number of anilines is 2.